The van der Waals surface area contributed by atoms with Gasteiger partial charge in [0.2, 0.25) is 0 Å². The molecule has 0 radical (unpaired) electrons. The van der Waals surface area contributed by atoms with Gasteiger partial charge >= 0.3 is 11.9 Å². The number of ether oxygens (including phenoxy) is 4. The maximum atomic E-state index is 13.6. The van der Waals surface area contributed by atoms with E-state index in [0.717, 1.165) is 42.9 Å². The highest BCUT2D eigenvalue weighted by molar-refractivity contribution is 7.13. The topological polar surface area (TPSA) is 99.2 Å². The summed E-state index contributed by atoms with van der Waals surface area (Å²) in [4.78, 5) is 34.7. The molecule has 1 aliphatic rings. The number of thiophene rings is 1. The van der Waals surface area contributed by atoms with Crippen LogP contribution in [0.4, 0.5) is 0 Å². The Morgan fingerprint density at radius 1 is 0.959 bits per heavy atom. The third kappa shape index (κ3) is 9.73. The Morgan fingerprint density at radius 2 is 1.67 bits per heavy atom. The minimum atomic E-state index is -0.750. The fraction of sp³-hybridized carbons (Fsp3) is 0.378. The van der Waals surface area contributed by atoms with E-state index in [0.29, 0.717) is 56.6 Å². The summed E-state index contributed by atoms with van der Waals surface area (Å²) in [6.07, 6.45) is 4.51. The number of halogens is 2. The molecule has 0 aliphatic carbocycles. The van der Waals surface area contributed by atoms with E-state index in [1.807, 2.05) is 42.5 Å². The van der Waals surface area contributed by atoms with E-state index in [4.69, 9.17) is 42.1 Å². The summed E-state index contributed by atoms with van der Waals surface area (Å²) in [6, 6.07) is 17.8. The quantitative estimate of drug-likeness (QED) is 0.124. The molecule has 4 aromatic rings. The maximum absolute atomic E-state index is 13.6. The number of piperidine rings is 1. The largest absolute Gasteiger partial charge is 0.493 e. The smallest absolute Gasteiger partial charge is 0.348 e. The van der Waals surface area contributed by atoms with E-state index >= 15 is 0 Å². The zero-order valence-corrected chi connectivity index (χ0v) is 30.2. The number of likely N-dealkylation sites (tertiary alicyclic amines) is 1. The number of aromatic nitrogens is 1. The van der Waals surface area contributed by atoms with Crippen LogP contribution in [0.1, 0.15) is 63.2 Å². The first-order chi connectivity index (χ1) is 23.8. The minimum absolute atomic E-state index is 0.208. The van der Waals surface area contributed by atoms with Gasteiger partial charge in [0.15, 0.2) is 11.5 Å². The van der Waals surface area contributed by atoms with E-state index in [2.05, 4.69) is 22.1 Å². The van der Waals surface area contributed by atoms with Crippen LogP contribution in [0, 0.1) is 5.92 Å². The van der Waals surface area contributed by atoms with Crippen molar-refractivity contribution in [2.45, 2.75) is 44.9 Å². The second-order valence-corrected chi connectivity index (χ2v) is 13.8. The number of nitrogens with zero attached hydrogens (tertiary/aromatic N) is 2. The van der Waals surface area contributed by atoms with E-state index in [9.17, 15) is 9.59 Å². The number of esters is 2. The first-order valence-electron chi connectivity index (χ1n) is 16.3. The van der Waals surface area contributed by atoms with Gasteiger partial charge in [-0.3, -0.25) is 10.3 Å². The molecule has 3 heterocycles. The van der Waals surface area contributed by atoms with Gasteiger partial charge < -0.3 is 23.8 Å². The number of carbonyl (C=O) groups excluding carboxylic acids is 2. The highest BCUT2D eigenvalue weighted by Gasteiger charge is 2.27. The van der Waals surface area contributed by atoms with Gasteiger partial charge in [0, 0.05) is 30.2 Å². The molecular weight excluding hydrogens is 685 g/mol. The molecule has 12 heteroatoms. The lowest BCUT2D eigenvalue weighted by molar-refractivity contribution is -0.148. The van der Waals surface area contributed by atoms with Crippen molar-refractivity contribution in [2.75, 3.05) is 40.5 Å². The fourth-order valence-corrected chi connectivity index (χ4v) is 7.17. The zero-order chi connectivity index (χ0) is 34.8. The fourth-order valence-electron chi connectivity index (χ4n) is 5.81. The van der Waals surface area contributed by atoms with Crippen molar-refractivity contribution in [3.8, 4) is 11.5 Å². The molecule has 0 bridgehead atoms. The Hall–Kier alpha value is -3.67. The Balaban J connectivity index is 1.27. The van der Waals surface area contributed by atoms with Crippen LogP contribution in [0.2, 0.25) is 10.0 Å². The van der Waals surface area contributed by atoms with Gasteiger partial charge in [-0.25, -0.2) is 9.59 Å². The second-order valence-electron chi connectivity index (χ2n) is 11.8. The van der Waals surface area contributed by atoms with Crippen molar-refractivity contribution in [1.82, 2.24) is 15.2 Å². The number of carbonyl (C=O) groups is 2. The predicted molar refractivity (Wildman–Crippen MR) is 192 cm³/mol. The molecule has 0 amide bonds. The molecule has 49 heavy (non-hydrogen) atoms. The standard InChI is InChI=1S/C37H41Cl2N3O6S/c1-4-42-16-14-24(15-17-42)23-47-37(44)35(25-8-6-5-7-9-25)41-20-27-11-13-34(49-27)36(43)48-32(19-28-29(38)21-40-22-30(28)39)26-10-12-31(45-2)33(18-26)46-3/h5-13,18,21-22,24,32,35,41H,4,14-17,19-20,23H2,1-3H3/t32-,35?/m0/s1. The average Bonchev–Trinajstić information content (AvgIpc) is 3.61. The first-order valence-corrected chi connectivity index (χ1v) is 17.8. The summed E-state index contributed by atoms with van der Waals surface area (Å²) in [7, 11) is 3.09. The van der Waals surface area contributed by atoms with Gasteiger partial charge in [0.25, 0.3) is 0 Å². The normalized spacial score (nSPS) is 15.0. The average molecular weight is 727 g/mol. The van der Waals surface area contributed by atoms with Crippen LogP contribution < -0.4 is 14.8 Å². The summed E-state index contributed by atoms with van der Waals surface area (Å²) in [5.74, 6) is 0.576. The van der Waals surface area contributed by atoms with Gasteiger partial charge in [0.1, 0.15) is 17.0 Å². The lowest BCUT2D eigenvalue weighted by atomic mass is 9.98. The number of rotatable bonds is 15. The summed E-state index contributed by atoms with van der Waals surface area (Å²) in [5, 5.41) is 4.09. The molecule has 1 fully saturated rings. The van der Waals surface area contributed by atoms with Crippen molar-refractivity contribution in [3.05, 3.63) is 110 Å². The van der Waals surface area contributed by atoms with Crippen LogP contribution in [0.3, 0.4) is 0 Å². The highest BCUT2D eigenvalue weighted by atomic mass is 35.5. The minimum Gasteiger partial charge on any atom is -0.493 e. The Kier molecular flexibility index (Phi) is 13.3. The number of benzene rings is 2. The van der Waals surface area contributed by atoms with Gasteiger partial charge in [-0.05, 0) is 79.3 Å². The molecule has 260 valence electrons. The lowest BCUT2D eigenvalue weighted by Crippen LogP contribution is -2.36. The molecule has 1 aliphatic heterocycles. The lowest BCUT2D eigenvalue weighted by Gasteiger charge is -2.31. The summed E-state index contributed by atoms with van der Waals surface area (Å²) < 4.78 is 22.8. The van der Waals surface area contributed by atoms with E-state index in [1.54, 1.807) is 32.4 Å². The van der Waals surface area contributed by atoms with E-state index in [1.165, 1.54) is 23.7 Å². The number of methoxy groups -OCH3 is 2. The monoisotopic (exact) mass is 725 g/mol. The molecule has 0 spiro atoms. The highest BCUT2D eigenvalue weighted by Crippen LogP contribution is 2.36. The van der Waals surface area contributed by atoms with Crippen LogP contribution in [0.5, 0.6) is 11.5 Å². The van der Waals surface area contributed by atoms with Crippen LogP contribution in [0.25, 0.3) is 0 Å². The molecule has 9 nitrogen and oxygen atoms in total. The number of hydrogen-bond acceptors (Lipinski definition) is 10. The first kappa shape index (κ1) is 36.6. The molecule has 0 saturated carbocycles. The van der Waals surface area contributed by atoms with E-state index < -0.39 is 18.1 Å². The van der Waals surface area contributed by atoms with Crippen LogP contribution in [0.15, 0.2) is 73.1 Å². The summed E-state index contributed by atoms with van der Waals surface area (Å²) in [6.45, 7) is 6.04. The van der Waals surface area contributed by atoms with Crippen molar-refractivity contribution in [1.29, 1.82) is 0 Å². The van der Waals surface area contributed by atoms with Gasteiger partial charge in [0.05, 0.1) is 30.9 Å². The predicted octanol–water partition coefficient (Wildman–Crippen LogP) is 7.71. The SMILES string of the molecule is CCN1CCC(COC(=O)C(NCc2ccc(C(=O)O[C@@H](Cc3c(Cl)cncc3Cl)c3ccc(OC)c(OC)c3)s2)c2ccccc2)CC1. The van der Waals surface area contributed by atoms with Gasteiger partial charge in [-0.15, -0.1) is 11.3 Å². The van der Waals surface area contributed by atoms with Crippen molar-refractivity contribution in [2.24, 2.45) is 5.92 Å². The Bertz CT molecular complexity index is 1680. The summed E-state index contributed by atoms with van der Waals surface area (Å²) in [5.41, 5.74) is 2.09. The van der Waals surface area contributed by atoms with E-state index in [-0.39, 0.29) is 12.4 Å². The second kappa shape index (κ2) is 17.8. The molecular formula is C37H41Cl2N3O6S. The summed E-state index contributed by atoms with van der Waals surface area (Å²) >= 11 is 14.2. The Morgan fingerprint density at radius 3 is 2.35 bits per heavy atom. The molecule has 1 saturated heterocycles. The zero-order valence-electron chi connectivity index (χ0n) is 27.8. The van der Waals surface area contributed by atoms with Gasteiger partial charge in [-0.1, -0.05) is 66.5 Å². The molecule has 2 aromatic heterocycles. The number of hydrogen-bond donors (Lipinski definition) is 1. The van der Waals surface area contributed by atoms with Crippen LogP contribution >= 0.6 is 34.5 Å². The molecule has 1 N–H and O–H groups in total. The van der Waals surface area contributed by atoms with Crippen LogP contribution in [-0.4, -0.2) is 62.3 Å². The molecule has 1 unspecified atom stereocenters. The van der Waals surface area contributed by atoms with Crippen molar-refractivity contribution < 1.29 is 28.5 Å². The molecule has 2 atom stereocenters. The van der Waals surface area contributed by atoms with Crippen molar-refractivity contribution in [3.63, 3.8) is 0 Å². The van der Waals surface area contributed by atoms with Crippen molar-refractivity contribution >= 4 is 46.5 Å². The molecule has 5 rings (SSSR count). The number of pyridine rings is 1. The number of nitrogens with one attached hydrogen (secondary N) is 1. The molecule has 2 aromatic carbocycles. The maximum Gasteiger partial charge on any atom is 0.348 e. The van der Waals surface area contributed by atoms with Gasteiger partial charge in [-0.2, -0.15) is 0 Å². The Labute approximate surface area is 301 Å². The third-order valence-corrected chi connectivity index (χ3v) is 10.4. The van der Waals surface area contributed by atoms with Crippen LogP contribution in [-0.2, 0) is 27.2 Å². The third-order valence-electron chi connectivity index (χ3n) is 8.70.